The van der Waals surface area contributed by atoms with Crippen LogP contribution in [-0.4, -0.2) is 53.2 Å². The molecular formula is C26H27FN4O5S. The first-order valence-electron chi connectivity index (χ1n) is 11.6. The molecule has 4 aromatic rings. The van der Waals surface area contributed by atoms with Crippen molar-refractivity contribution >= 4 is 32.6 Å². The molecule has 11 heteroatoms. The molecule has 0 aliphatic heterocycles. The van der Waals surface area contributed by atoms with Crippen LogP contribution < -0.4 is 5.32 Å². The Morgan fingerprint density at radius 2 is 2.00 bits per heavy atom. The smallest absolute Gasteiger partial charge is 0.352 e. The number of H-pyrrole nitrogens is 2. The van der Waals surface area contributed by atoms with Crippen LogP contribution in [0, 0.1) is 5.82 Å². The van der Waals surface area contributed by atoms with Crippen LogP contribution in [-0.2, 0) is 26.8 Å². The summed E-state index contributed by atoms with van der Waals surface area (Å²) in [6.07, 6.45) is 5.10. The second-order valence-corrected chi connectivity index (χ2v) is 11.2. The Morgan fingerprint density at radius 3 is 2.65 bits per heavy atom. The highest BCUT2D eigenvalue weighted by Crippen LogP contribution is 2.37. The number of imidazole rings is 1. The van der Waals surface area contributed by atoms with E-state index in [1.807, 2.05) is 13.0 Å². The van der Waals surface area contributed by atoms with E-state index in [1.165, 1.54) is 12.1 Å². The Kier molecular flexibility index (Phi) is 7.44. The molecule has 0 bridgehead atoms. The number of amides is 1. The number of aromatic carboxylic acids is 1. The molecule has 0 radical (unpaired) electrons. The summed E-state index contributed by atoms with van der Waals surface area (Å²) in [6.45, 7) is 2.33. The van der Waals surface area contributed by atoms with Crippen LogP contribution in [0.15, 0.2) is 48.9 Å². The van der Waals surface area contributed by atoms with E-state index >= 15 is 0 Å². The fourth-order valence-corrected chi connectivity index (χ4v) is 5.23. The Hall–Kier alpha value is -3.99. The molecule has 2 aromatic heterocycles. The van der Waals surface area contributed by atoms with E-state index in [9.17, 15) is 27.5 Å². The molecule has 0 fully saturated rings. The van der Waals surface area contributed by atoms with Crippen molar-refractivity contribution in [3.05, 3.63) is 77.3 Å². The zero-order valence-corrected chi connectivity index (χ0v) is 21.2. The van der Waals surface area contributed by atoms with E-state index in [0.29, 0.717) is 35.0 Å². The third-order valence-corrected chi connectivity index (χ3v) is 6.97. The van der Waals surface area contributed by atoms with Crippen molar-refractivity contribution in [1.82, 2.24) is 20.3 Å². The maximum atomic E-state index is 14.8. The summed E-state index contributed by atoms with van der Waals surface area (Å²) >= 11 is 0. The molecule has 0 aliphatic carbocycles. The summed E-state index contributed by atoms with van der Waals surface area (Å²) in [4.78, 5) is 34.5. The summed E-state index contributed by atoms with van der Waals surface area (Å²) in [5.74, 6) is -2.78. The average Bonchev–Trinajstić information content (AvgIpc) is 3.47. The molecule has 1 amide bonds. The molecular weight excluding hydrogens is 499 g/mol. The van der Waals surface area contributed by atoms with Crippen LogP contribution in [0.2, 0.25) is 0 Å². The van der Waals surface area contributed by atoms with E-state index in [2.05, 4.69) is 20.3 Å². The maximum absolute atomic E-state index is 14.8. The second kappa shape index (κ2) is 10.6. The molecule has 0 spiro atoms. The van der Waals surface area contributed by atoms with Crippen LogP contribution in [0.1, 0.15) is 46.6 Å². The average molecular weight is 527 g/mol. The monoisotopic (exact) mass is 526 g/mol. The van der Waals surface area contributed by atoms with E-state index in [-0.39, 0.29) is 29.5 Å². The van der Waals surface area contributed by atoms with Crippen molar-refractivity contribution in [1.29, 1.82) is 0 Å². The number of rotatable bonds is 10. The third-order valence-electron chi connectivity index (χ3n) is 6.13. The van der Waals surface area contributed by atoms with Crippen LogP contribution >= 0.6 is 0 Å². The standard InChI is InChI=1S/C26H27FN4O5S/c1-15(10-22(32)29-9-8-18-12-28-14-30-18)19-4-3-5-20-23(25(26(33)34)31-24(19)20)16-6-7-17(21(27)11-16)13-37(2,35)36/h3-7,11-12,14-15,31H,8-10,13H2,1-2H3,(H,28,30)(H,29,32)(H,33,34). The SMILES string of the molecule is CC(CC(=O)NCCc1cnc[nH]1)c1cccc2c(-c3ccc(CS(C)(=O)=O)c(F)c3)c(C(=O)O)[nH]c12. The fourth-order valence-electron chi connectivity index (χ4n) is 4.43. The van der Waals surface area contributed by atoms with Gasteiger partial charge in [0.2, 0.25) is 5.91 Å². The molecule has 9 nitrogen and oxygen atoms in total. The van der Waals surface area contributed by atoms with Crippen molar-refractivity contribution < 1.29 is 27.5 Å². The number of carboxylic acid groups (broad SMARTS) is 1. The van der Waals surface area contributed by atoms with Gasteiger partial charge in [0, 0.05) is 54.0 Å². The van der Waals surface area contributed by atoms with Gasteiger partial charge in [0.05, 0.1) is 17.6 Å². The third kappa shape index (κ3) is 6.05. The zero-order valence-electron chi connectivity index (χ0n) is 20.3. The summed E-state index contributed by atoms with van der Waals surface area (Å²) < 4.78 is 38.0. The van der Waals surface area contributed by atoms with Gasteiger partial charge in [-0.3, -0.25) is 4.79 Å². The lowest BCUT2D eigenvalue weighted by Gasteiger charge is -2.13. The summed E-state index contributed by atoms with van der Waals surface area (Å²) in [5, 5.41) is 13.3. The number of aromatic amines is 2. The molecule has 194 valence electrons. The van der Waals surface area contributed by atoms with Gasteiger partial charge in [0.1, 0.15) is 11.5 Å². The highest BCUT2D eigenvalue weighted by molar-refractivity contribution is 7.89. The zero-order chi connectivity index (χ0) is 26.7. The lowest BCUT2D eigenvalue weighted by Crippen LogP contribution is -2.26. The molecule has 0 aliphatic rings. The number of carbonyl (C=O) groups is 2. The lowest BCUT2D eigenvalue weighted by atomic mass is 9.93. The van der Waals surface area contributed by atoms with Crippen LogP contribution in [0.25, 0.3) is 22.0 Å². The quantitative estimate of drug-likeness (QED) is 0.247. The molecule has 1 unspecified atom stereocenters. The number of hydrogen-bond acceptors (Lipinski definition) is 5. The normalized spacial score (nSPS) is 12.5. The lowest BCUT2D eigenvalue weighted by molar-refractivity contribution is -0.121. The Morgan fingerprint density at radius 1 is 1.22 bits per heavy atom. The number of carboxylic acids is 1. The number of aromatic nitrogens is 3. The summed E-state index contributed by atoms with van der Waals surface area (Å²) in [6, 6.07) is 9.35. The van der Waals surface area contributed by atoms with E-state index < -0.39 is 27.4 Å². The maximum Gasteiger partial charge on any atom is 0.352 e. The molecule has 4 rings (SSSR count). The number of nitrogens with one attached hydrogen (secondary N) is 3. The largest absolute Gasteiger partial charge is 0.477 e. The van der Waals surface area contributed by atoms with Gasteiger partial charge < -0.3 is 20.4 Å². The Balaban J connectivity index is 1.62. The first kappa shape index (κ1) is 26.1. The van der Waals surface area contributed by atoms with Gasteiger partial charge in [-0.05, 0) is 23.1 Å². The van der Waals surface area contributed by atoms with Gasteiger partial charge in [-0.25, -0.2) is 22.6 Å². The van der Waals surface area contributed by atoms with Gasteiger partial charge in [0.25, 0.3) is 0 Å². The molecule has 0 saturated heterocycles. The number of sulfone groups is 1. The predicted octanol–water partition coefficient (Wildman–Crippen LogP) is 3.79. The number of carbonyl (C=O) groups excluding carboxylic acids is 1. The van der Waals surface area contributed by atoms with Crippen molar-refractivity contribution in [3.63, 3.8) is 0 Å². The number of nitrogens with zero attached hydrogens (tertiary/aromatic N) is 1. The minimum atomic E-state index is -3.44. The van der Waals surface area contributed by atoms with Gasteiger partial charge in [0.15, 0.2) is 9.84 Å². The van der Waals surface area contributed by atoms with E-state index in [4.69, 9.17) is 0 Å². The van der Waals surface area contributed by atoms with Crippen LogP contribution in [0.4, 0.5) is 4.39 Å². The molecule has 37 heavy (non-hydrogen) atoms. The second-order valence-electron chi connectivity index (χ2n) is 9.11. The minimum Gasteiger partial charge on any atom is -0.477 e. The molecule has 2 heterocycles. The van der Waals surface area contributed by atoms with E-state index in [1.54, 1.807) is 24.7 Å². The number of benzene rings is 2. The minimum absolute atomic E-state index is 0.0100. The number of halogens is 1. The Labute approximate surface area is 213 Å². The molecule has 0 saturated carbocycles. The van der Waals surface area contributed by atoms with Gasteiger partial charge in [-0.15, -0.1) is 0 Å². The molecule has 4 N–H and O–H groups in total. The Bertz CT molecular complexity index is 1560. The van der Waals surface area contributed by atoms with Gasteiger partial charge in [-0.2, -0.15) is 0 Å². The topological polar surface area (TPSA) is 145 Å². The van der Waals surface area contributed by atoms with Crippen molar-refractivity contribution in [3.8, 4) is 11.1 Å². The summed E-state index contributed by atoms with van der Waals surface area (Å²) in [7, 11) is -3.44. The molecule has 2 aromatic carbocycles. The first-order chi connectivity index (χ1) is 17.5. The fraction of sp³-hybridized carbons (Fsp3) is 0.269. The molecule has 1 atom stereocenters. The summed E-state index contributed by atoms with van der Waals surface area (Å²) in [5.41, 5.74) is 2.71. The number of hydrogen-bond donors (Lipinski definition) is 4. The highest BCUT2D eigenvalue weighted by atomic mass is 32.2. The predicted molar refractivity (Wildman–Crippen MR) is 138 cm³/mol. The van der Waals surface area contributed by atoms with Crippen molar-refractivity contribution in [2.45, 2.75) is 31.4 Å². The number of para-hydroxylation sites is 1. The number of fused-ring (bicyclic) bond motifs is 1. The first-order valence-corrected chi connectivity index (χ1v) is 13.7. The van der Waals surface area contributed by atoms with Crippen molar-refractivity contribution in [2.24, 2.45) is 0 Å². The van der Waals surface area contributed by atoms with Crippen LogP contribution in [0.3, 0.4) is 0 Å². The van der Waals surface area contributed by atoms with Gasteiger partial charge >= 0.3 is 5.97 Å². The van der Waals surface area contributed by atoms with Gasteiger partial charge in [-0.1, -0.05) is 37.3 Å². The van der Waals surface area contributed by atoms with Crippen molar-refractivity contribution in [2.75, 3.05) is 12.8 Å². The highest BCUT2D eigenvalue weighted by Gasteiger charge is 2.23. The van der Waals surface area contributed by atoms with E-state index in [0.717, 1.165) is 23.6 Å². The van der Waals surface area contributed by atoms with Crippen LogP contribution in [0.5, 0.6) is 0 Å².